The summed E-state index contributed by atoms with van der Waals surface area (Å²) < 4.78 is 5.10. The molecule has 1 heterocycles. The van der Waals surface area contributed by atoms with Crippen LogP contribution in [0.3, 0.4) is 0 Å². The Labute approximate surface area is 106 Å². The monoisotopic (exact) mass is 248 g/mol. The Morgan fingerprint density at radius 3 is 2.71 bits per heavy atom. The van der Waals surface area contributed by atoms with Crippen LogP contribution in [0.2, 0.25) is 6.04 Å². The maximum absolute atomic E-state index is 9.19. The maximum Gasteiger partial charge on any atom is 0.229 e. The molecule has 17 heavy (non-hydrogen) atoms. The third kappa shape index (κ3) is 5.70. The van der Waals surface area contributed by atoms with Crippen LogP contribution in [0.25, 0.3) is 0 Å². The Hall–Kier alpha value is -1.06. The van der Waals surface area contributed by atoms with E-state index in [0.29, 0.717) is 5.75 Å². The van der Waals surface area contributed by atoms with Crippen molar-refractivity contribution >= 4 is 9.76 Å². The summed E-state index contributed by atoms with van der Waals surface area (Å²) >= 11 is 0. The summed E-state index contributed by atoms with van der Waals surface area (Å²) in [6, 6.07) is 6.90. The molecule has 2 radical (unpaired) electrons. The van der Waals surface area contributed by atoms with Crippen LogP contribution in [0.15, 0.2) is 30.9 Å². The number of hydrogen-bond acceptors (Lipinski definition) is 2. The third-order valence-corrected chi connectivity index (χ3v) is 3.48. The lowest BCUT2D eigenvalue weighted by atomic mass is 10.1. The molecule has 0 aliphatic carbocycles. The van der Waals surface area contributed by atoms with Gasteiger partial charge in [0.2, 0.25) is 9.76 Å². The van der Waals surface area contributed by atoms with E-state index in [1.54, 1.807) is 6.07 Å². The van der Waals surface area contributed by atoms with Crippen LogP contribution < -0.4 is 0 Å². The zero-order chi connectivity index (χ0) is 12.5. The summed E-state index contributed by atoms with van der Waals surface area (Å²) in [4.78, 5) is 0. The van der Waals surface area contributed by atoms with Crippen molar-refractivity contribution in [2.24, 2.45) is 0 Å². The molecule has 2 rings (SSSR count). The lowest BCUT2D eigenvalue weighted by molar-refractivity contribution is 0.304. The van der Waals surface area contributed by atoms with E-state index in [9.17, 15) is 5.11 Å². The molecule has 1 saturated heterocycles. The van der Waals surface area contributed by atoms with Gasteiger partial charge in [0, 0.05) is 6.61 Å². The molecule has 0 atom stereocenters. The normalized spacial score (nSPS) is 14.6. The van der Waals surface area contributed by atoms with E-state index in [0.717, 1.165) is 28.4 Å². The van der Waals surface area contributed by atoms with E-state index < -0.39 is 0 Å². The van der Waals surface area contributed by atoms with Gasteiger partial charge in [0.1, 0.15) is 5.75 Å². The van der Waals surface area contributed by atoms with Crippen LogP contribution in [-0.4, -0.2) is 21.5 Å². The highest BCUT2D eigenvalue weighted by Crippen LogP contribution is 2.17. The van der Waals surface area contributed by atoms with E-state index in [-0.39, 0.29) is 0 Å². The molecule has 92 valence electrons. The van der Waals surface area contributed by atoms with Crippen LogP contribution in [0, 0.1) is 6.92 Å². The highest BCUT2D eigenvalue weighted by atomic mass is 28.2. The van der Waals surface area contributed by atoms with E-state index in [4.69, 9.17) is 4.43 Å². The number of phenolic OH excluding ortho intramolecular Hbond substituents is 1. The predicted molar refractivity (Wildman–Crippen MR) is 72.5 cm³/mol. The zero-order valence-corrected chi connectivity index (χ0v) is 11.4. The second-order valence-corrected chi connectivity index (χ2v) is 5.14. The first kappa shape index (κ1) is 14.0. The Bertz CT molecular complexity index is 335. The molecule has 0 aromatic heterocycles. The number of allylic oxidation sites excluding steroid dienone is 1. The van der Waals surface area contributed by atoms with E-state index >= 15 is 0 Å². The number of aryl methyl sites for hydroxylation is 1. The molecule has 1 aliphatic rings. The molecule has 0 spiro atoms. The first-order valence-electron chi connectivity index (χ1n) is 5.98. The van der Waals surface area contributed by atoms with Crippen LogP contribution in [-0.2, 0) is 10.8 Å². The van der Waals surface area contributed by atoms with Crippen LogP contribution in [0.1, 0.15) is 24.0 Å². The smallest absolute Gasteiger partial charge is 0.229 e. The van der Waals surface area contributed by atoms with E-state index in [1.165, 1.54) is 24.4 Å². The molecule has 2 nitrogen and oxygen atoms in total. The SMILES string of the molecule is C1CC[Si]OC1.C=CCc1ccc(O)c(C)c1. The Balaban J connectivity index is 0.000000202. The first-order valence-corrected chi connectivity index (χ1v) is 7.09. The lowest BCUT2D eigenvalue weighted by Gasteiger charge is -2.06. The summed E-state index contributed by atoms with van der Waals surface area (Å²) in [7, 11) is 0.802. The standard InChI is InChI=1S/C10H12O.C4H8OSi/c1-3-4-9-5-6-10(11)8(2)7-9;1-2-4-6-5-3-1/h3,5-7,11H,1,4H2,2H3;1-4H2. The highest BCUT2D eigenvalue weighted by molar-refractivity contribution is 6.27. The van der Waals surface area contributed by atoms with Crippen LogP contribution in [0.4, 0.5) is 0 Å². The van der Waals surface area contributed by atoms with Gasteiger partial charge in [0.25, 0.3) is 0 Å². The molecule has 0 unspecified atom stereocenters. The topological polar surface area (TPSA) is 29.5 Å². The van der Waals surface area contributed by atoms with Crippen molar-refractivity contribution in [2.75, 3.05) is 6.61 Å². The molecular weight excluding hydrogens is 228 g/mol. The van der Waals surface area contributed by atoms with Gasteiger partial charge in [-0.15, -0.1) is 6.58 Å². The van der Waals surface area contributed by atoms with Gasteiger partial charge < -0.3 is 9.53 Å². The minimum absolute atomic E-state index is 0.359. The average Bonchev–Trinajstić information content (AvgIpc) is 2.37. The van der Waals surface area contributed by atoms with Crippen molar-refractivity contribution in [3.05, 3.63) is 42.0 Å². The molecule has 0 saturated carbocycles. The maximum atomic E-state index is 9.19. The zero-order valence-electron chi connectivity index (χ0n) is 10.4. The Kier molecular flexibility index (Phi) is 6.66. The molecule has 1 aromatic rings. The highest BCUT2D eigenvalue weighted by Gasteiger charge is 1.97. The fraction of sp³-hybridized carbons (Fsp3) is 0.429. The van der Waals surface area contributed by atoms with Gasteiger partial charge in [0.15, 0.2) is 0 Å². The van der Waals surface area contributed by atoms with Crippen LogP contribution >= 0.6 is 0 Å². The number of phenols is 1. The van der Waals surface area contributed by atoms with Gasteiger partial charge in [-0.2, -0.15) is 0 Å². The van der Waals surface area contributed by atoms with Gasteiger partial charge >= 0.3 is 0 Å². The molecule has 1 fully saturated rings. The fourth-order valence-corrected chi connectivity index (χ4v) is 2.35. The van der Waals surface area contributed by atoms with Gasteiger partial charge in [-0.3, -0.25) is 0 Å². The lowest BCUT2D eigenvalue weighted by Crippen LogP contribution is -2.06. The summed E-state index contributed by atoms with van der Waals surface area (Å²) in [5, 5.41) is 9.19. The predicted octanol–water partition coefficient (Wildman–Crippen LogP) is 3.26. The van der Waals surface area contributed by atoms with E-state index in [2.05, 4.69) is 6.58 Å². The van der Waals surface area contributed by atoms with Crippen molar-refractivity contribution in [1.29, 1.82) is 0 Å². The average molecular weight is 248 g/mol. The van der Waals surface area contributed by atoms with Gasteiger partial charge in [0.05, 0.1) is 0 Å². The molecular formula is C14H20O2Si. The largest absolute Gasteiger partial charge is 0.508 e. The quantitative estimate of drug-likeness (QED) is 0.643. The Morgan fingerprint density at radius 2 is 2.29 bits per heavy atom. The molecule has 1 aromatic carbocycles. The van der Waals surface area contributed by atoms with Gasteiger partial charge in [-0.05, 0) is 43.0 Å². The summed E-state index contributed by atoms with van der Waals surface area (Å²) in [6.45, 7) is 6.55. The molecule has 3 heteroatoms. The molecule has 1 N–H and O–H groups in total. The van der Waals surface area contributed by atoms with Crippen LogP contribution in [0.5, 0.6) is 5.75 Å². The fourth-order valence-electron chi connectivity index (χ4n) is 1.53. The van der Waals surface area contributed by atoms with Crippen molar-refractivity contribution in [3.8, 4) is 5.75 Å². The number of hydrogen-bond donors (Lipinski definition) is 1. The van der Waals surface area contributed by atoms with E-state index in [1.807, 2.05) is 25.1 Å². The van der Waals surface area contributed by atoms with Crippen molar-refractivity contribution < 1.29 is 9.53 Å². The summed E-state index contributed by atoms with van der Waals surface area (Å²) in [5.74, 6) is 0.359. The third-order valence-electron chi connectivity index (χ3n) is 2.52. The minimum Gasteiger partial charge on any atom is -0.508 e. The van der Waals surface area contributed by atoms with Crippen molar-refractivity contribution in [3.63, 3.8) is 0 Å². The summed E-state index contributed by atoms with van der Waals surface area (Å²) in [6.07, 6.45) is 5.39. The Morgan fingerprint density at radius 1 is 1.47 bits per heavy atom. The van der Waals surface area contributed by atoms with Gasteiger partial charge in [-0.1, -0.05) is 24.6 Å². The first-order chi connectivity index (χ1) is 8.24. The molecule has 0 bridgehead atoms. The second kappa shape index (κ2) is 8.09. The molecule has 1 aliphatic heterocycles. The summed E-state index contributed by atoms with van der Waals surface area (Å²) in [5.41, 5.74) is 2.11. The van der Waals surface area contributed by atoms with Crippen molar-refractivity contribution in [2.45, 2.75) is 32.2 Å². The van der Waals surface area contributed by atoms with Gasteiger partial charge in [-0.25, -0.2) is 0 Å². The number of benzene rings is 1. The van der Waals surface area contributed by atoms with Crippen molar-refractivity contribution in [1.82, 2.24) is 0 Å². The minimum atomic E-state index is 0.359. The number of rotatable bonds is 2. The second-order valence-electron chi connectivity index (χ2n) is 4.06. The number of aromatic hydroxyl groups is 1. The molecule has 0 amide bonds.